The van der Waals surface area contributed by atoms with E-state index in [1.54, 1.807) is 0 Å². The summed E-state index contributed by atoms with van der Waals surface area (Å²) in [6.45, 7) is 2.80. The highest BCUT2D eigenvalue weighted by Crippen LogP contribution is 2.41. The Hall–Kier alpha value is -2.82. The maximum absolute atomic E-state index is 13.1. The van der Waals surface area contributed by atoms with Crippen LogP contribution in [-0.2, 0) is 23.3 Å². The zero-order valence-corrected chi connectivity index (χ0v) is 14.1. The molecule has 2 aromatic rings. The number of nitrogens with zero attached hydrogens (tertiary/aromatic N) is 1. The molecule has 128 valence electrons. The average molecular weight is 336 g/mol. The van der Waals surface area contributed by atoms with Crippen LogP contribution in [0.5, 0.6) is 5.75 Å². The largest absolute Gasteiger partial charge is 0.494 e. The summed E-state index contributed by atoms with van der Waals surface area (Å²) in [4.78, 5) is 26.9. The summed E-state index contributed by atoms with van der Waals surface area (Å²) in [5, 5.41) is 2.95. The van der Waals surface area contributed by atoms with Gasteiger partial charge in [-0.2, -0.15) is 0 Å². The lowest BCUT2D eigenvalue weighted by atomic mass is 9.92. The van der Waals surface area contributed by atoms with Crippen molar-refractivity contribution >= 4 is 11.9 Å². The van der Waals surface area contributed by atoms with Crippen molar-refractivity contribution in [1.82, 2.24) is 10.2 Å². The second-order valence-electron chi connectivity index (χ2n) is 6.46. The standard InChI is InChI=1S/C20H20N2O3/c1-2-25-16-9-7-14(8-10-16)13-22-18(23)20(21-19(22)24)12-11-15-5-3-4-6-17(15)20/h3-10H,2,11-13H2,1H3,(H,21,24)/t20-/m0/s1. The molecule has 1 heterocycles. The molecule has 1 N–H and O–H groups in total. The molecule has 1 fully saturated rings. The summed E-state index contributed by atoms with van der Waals surface area (Å²) in [6.07, 6.45) is 1.43. The van der Waals surface area contributed by atoms with Gasteiger partial charge in [0.1, 0.15) is 11.3 Å². The minimum atomic E-state index is -0.890. The van der Waals surface area contributed by atoms with Crippen molar-refractivity contribution in [3.05, 3.63) is 65.2 Å². The first-order valence-corrected chi connectivity index (χ1v) is 8.58. The molecule has 0 aromatic heterocycles. The van der Waals surface area contributed by atoms with E-state index < -0.39 is 5.54 Å². The van der Waals surface area contributed by atoms with E-state index in [4.69, 9.17) is 4.74 Å². The molecule has 1 aliphatic heterocycles. The number of hydrogen-bond donors (Lipinski definition) is 1. The molecule has 0 radical (unpaired) electrons. The predicted molar refractivity (Wildman–Crippen MR) is 93.1 cm³/mol. The molecule has 1 aliphatic carbocycles. The van der Waals surface area contributed by atoms with E-state index in [0.717, 1.165) is 28.9 Å². The molecule has 5 nitrogen and oxygen atoms in total. The first-order chi connectivity index (χ1) is 12.1. The van der Waals surface area contributed by atoms with Crippen LogP contribution in [-0.4, -0.2) is 23.4 Å². The van der Waals surface area contributed by atoms with Gasteiger partial charge in [0, 0.05) is 0 Å². The summed E-state index contributed by atoms with van der Waals surface area (Å²) in [5.74, 6) is 0.626. The lowest BCUT2D eigenvalue weighted by molar-refractivity contribution is -0.132. The lowest BCUT2D eigenvalue weighted by Crippen LogP contribution is -2.41. The van der Waals surface area contributed by atoms with Crippen LogP contribution in [0.3, 0.4) is 0 Å². The van der Waals surface area contributed by atoms with Crippen LogP contribution in [0.4, 0.5) is 4.79 Å². The molecule has 3 amide bonds. The van der Waals surface area contributed by atoms with Crippen LogP contribution in [0.25, 0.3) is 0 Å². The molecule has 0 bridgehead atoms. The number of imide groups is 1. The summed E-state index contributed by atoms with van der Waals surface area (Å²) >= 11 is 0. The van der Waals surface area contributed by atoms with E-state index in [-0.39, 0.29) is 18.5 Å². The van der Waals surface area contributed by atoms with Crippen molar-refractivity contribution < 1.29 is 14.3 Å². The Morgan fingerprint density at radius 3 is 2.64 bits per heavy atom. The van der Waals surface area contributed by atoms with Crippen molar-refractivity contribution in [2.24, 2.45) is 0 Å². The molecule has 1 atom stereocenters. The maximum atomic E-state index is 13.1. The normalized spacial score (nSPS) is 21.6. The number of benzene rings is 2. The Bertz CT molecular complexity index is 831. The van der Waals surface area contributed by atoms with Crippen molar-refractivity contribution in [1.29, 1.82) is 0 Å². The van der Waals surface area contributed by atoms with Gasteiger partial charge in [-0.05, 0) is 48.6 Å². The zero-order valence-electron chi connectivity index (χ0n) is 14.1. The van der Waals surface area contributed by atoms with Gasteiger partial charge >= 0.3 is 6.03 Å². The van der Waals surface area contributed by atoms with Gasteiger partial charge in [-0.3, -0.25) is 9.69 Å². The molecule has 1 saturated heterocycles. The van der Waals surface area contributed by atoms with Gasteiger partial charge < -0.3 is 10.1 Å². The first-order valence-electron chi connectivity index (χ1n) is 8.58. The van der Waals surface area contributed by atoms with Crippen LogP contribution in [0.15, 0.2) is 48.5 Å². The number of aryl methyl sites for hydroxylation is 1. The average Bonchev–Trinajstić information content (AvgIpc) is 3.11. The predicted octanol–water partition coefficient (Wildman–Crippen LogP) is 2.98. The Morgan fingerprint density at radius 1 is 1.12 bits per heavy atom. The molecule has 1 spiro atoms. The molecule has 5 heteroatoms. The molecule has 2 aliphatic rings. The SMILES string of the molecule is CCOc1ccc(CN2C(=O)N[C@]3(CCc4ccccc43)C2=O)cc1. The zero-order chi connectivity index (χ0) is 17.4. The molecule has 2 aromatic carbocycles. The van der Waals surface area contributed by atoms with E-state index in [1.165, 1.54) is 4.90 Å². The Kier molecular flexibility index (Phi) is 3.71. The summed E-state index contributed by atoms with van der Waals surface area (Å²) in [6, 6.07) is 15.0. The van der Waals surface area contributed by atoms with E-state index >= 15 is 0 Å². The minimum absolute atomic E-state index is 0.156. The van der Waals surface area contributed by atoms with Crippen LogP contribution in [0.1, 0.15) is 30.0 Å². The number of carbonyl (C=O) groups is 2. The molecular weight excluding hydrogens is 316 g/mol. The number of urea groups is 1. The second-order valence-corrected chi connectivity index (χ2v) is 6.46. The smallest absolute Gasteiger partial charge is 0.325 e. The van der Waals surface area contributed by atoms with Gasteiger partial charge in [0.25, 0.3) is 5.91 Å². The van der Waals surface area contributed by atoms with E-state index in [9.17, 15) is 9.59 Å². The summed E-state index contributed by atoms with van der Waals surface area (Å²) in [7, 11) is 0. The van der Waals surface area contributed by atoms with Crippen molar-refractivity contribution in [2.75, 3.05) is 6.61 Å². The Labute approximate surface area is 146 Å². The number of amides is 3. The lowest BCUT2D eigenvalue weighted by Gasteiger charge is -2.22. The van der Waals surface area contributed by atoms with E-state index in [2.05, 4.69) is 5.32 Å². The maximum Gasteiger partial charge on any atom is 0.325 e. The molecule has 0 unspecified atom stereocenters. The van der Waals surface area contributed by atoms with Gasteiger partial charge in [-0.1, -0.05) is 36.4 Å². The Balaban J connectivity index is 1.58. The number of rotatable bonds is 4. The fraction of sp³-hybridized carbons (Fsp3) is 0.300. The number of fused-ring (bicyclic) bond motifs is 2. The number of carbonyl (C=O) groups excluding carboxylic acids is 2. The van der Waals surface area contributed by atoms with Gasteiger partial charge in [0.2, 0.25) is 0 Å². The van der Waals surface area contributed by atoms with E-state index in [1.807, 2.05) is 55.5 Å². The van der Waals surface area contributed by atoms with Crippen LogP contribution >= 0.6 is 0 Å². The fourth-order valence-electron chi connectivity index (χ4n) is 3.77. The number of nitrogens with one attached hydrogen (secondary N) is 1. The minimum Gasteiger partial charge on any atom is -0.494 e. The van der Waals surface area contributed by atoms with E-state index in [0.29, 0.717) is 13.0 Å². The van der Waals surface area contributed by atoms with Crippen molar-refractivity contribution in [3.63, 3.8) is 0 Å². The fourth-order valence-corrected chi connectivity index (χ4v) is 3.77. The van der Waals surface area contributed by atoms with Gasteiger partial charge in [0.05, 0.1) is 13.2 Å². The Morgan fingerprint density at radius 2 is 1.88 bits per heavy atom. The monoisotopic (exact) mass is 336 g/mol. The second kappa shape index (κ2) is 5.92. The molecule has 25 heavy (non-hydrogen) atoms. The third kappa shape index (κ3) is 2.47. The topological polar surface area (TPSA) is 58.6 Å². The number of hydrogen-bond acceptors (Lipinski definition) is 3. The van der Waals surface area contributed by atoms with Crippen molar-refractivity contribution in [3.8, 4) is 5.75 Å². The molecule has 4 rings (SSSR count). The van der Waals surface area contributed by atoms with Crippen LogP contribution in [0.2, 0.25) is 0 Å². The first kappa shape index (κ1) is 15.7. The van der Waals surface area contributed by atoms with Gasteiger partial charge in [0.15, 0.2) is 0 Å². The highest BCUT2D eigenvalue weighted by molar-refractivity contribution is 6.08. The van der Waals surface area contributed by atoms with Crippen molar-refractivity contribution in [2.45, 2.75) is 31.8 Å². The highest BCUT2D eigenvalue weighted by Gasteiger charge is 2.55. The molecule has 0 saturated carbocycles. The van der Waals surface area contributed by atoms with Crippen LogP contribution < -0.4 is 10.1 Å². The van der Waals surface area contributed by atoms with Gasteiger partial charge in [-0.15, -0.1) is 0 Å². The quantitative estimate of drug-likeness (QED) is 0.873. The number of ether oxygens (including phenoxy) is 1. The third-order valence-corrected chi connectivity index (χ3v) is 5.00. The van der Waals surface area contributed by atoms with Crippen LogP contribution in [0, 0.1) is 0 Å². The molecular formula is C20H20N2O3. The summed E-state index contributed by atoms with van der Waals surface area (Å²) in [5.41, 5.74) is 2.08. The third-order valence-electron chi connectivity index (χ3n) is 5.00. The highest BCUT2D eigenvalue weighted by atomic mass is 16.5. The summed E-state index contributed by atoms with van der Waals surface area (Å²) < 4.78 is 5.43. The van der Waals surface area contributed by atoms with Gasteiger partial charge in [-0.25, -0.2) is 4.79 Å².